The molecule has 2 rings (SSSR count). The summed E-state index contributed by atoms with van der Waals surface area (Å²) in [6, 6.07) is 0. The third kappa shape index (κ3) is 25.0. The number of hydrogen-bond donors (Lipinski definition) is 7. The fraction of sp³-hybridized carbons (Fsp3) is 0.918. The first-order chi connectivity index (χ1) is 29.9. The van der Waals surface area contributed by atoms with Gasteiger partial charge in [-0.15, -0.1) is 0 Å². The zero-order valence-corrected chi connectivity index (χ0v) is 39.5. The maximum atomic E-state index is 10.8. The molecule has 1 unspecified atom stereocenters. The van der Waals surface area contributed by atoms with Gasteiger partial charge in [0.1, 0.15) is 61.5 Å². The molecule has 0 radical (unpaired) electrons. The molecular weight excluding hydrogens is 795 g/mol. The molecule has 2 saturated heterocycles. The van der Waals surface area contributed by atoms with E-state index in [-0.39, 0.29) is 19.8 Å². The molecule has 0 aromatic heterocycles. The fourth-order valence-electron chi connectivity index (χ4n) is 8.28. The van der Waals surface area contributed by atoms with Crippen molar-refractivity contribution in [3.8, 4) is 0 Å². The van der Waals surface area contributed by atoms with Crippen LogP contribution in [0.5, 0.6) is 0 Å². The maximum absolute atomic E-state index is 10.8. The van der Waals surface area contributed by atoms with E-state index in [1.165, 1.54) is 96.3 Å². The number of nitrogens with zero attached hydrogens (tertiary/aromatic N) is 1. The van der Waals surface area contributed by atoms with Gasteiger partial charge in [0, 0.05) is 6.61 Å². The zero-order valence-electron chi connectivity index (χ0n) is 39.5. The molecule has 2 aliphatic rings. The molecule has 366 valence electrons. The normalized spacial score (nSPS) is 27.8. The number of hydrogen-bond acceptors (Lipinski definition) is 12. The summed E-state index contributed by atoms with van der Waals surface area (Å²) in [5, 5.41) is 74.4. The van der Waals surface area contributed by atoms with Crippen LogP contribution in [0.3, 0.4) is 0 Å². The van der Waals surface area contributed by atoms with E-state index in [4.69, 9.17) is 23.7 Å². The van der Waals surface area contributed by atoms with Gasteiger partial charge in [0.2, 0.25) is 0 Å². The van der Waals surface area contributed by atoms with Crippen LogP contribution >= 0.6 is 0 Å². The lowest BCUT2D eigenvalue weighted by atomic mass is 9.98. The Balaban J connectivity index is 1.64. The Kier molecular flexibility index (Phi) is 32.4. The summed E-state index contributed by atoms with van der Waals surface area (Å²) < 4.78 is 29.4. The highest BCUT2D eigenvalue weighted by molar-refractivity contribution is 4.93. The molecule has 2 aliphatic heterocycles. The molecule has 7 N–H and O–H groups in total. The van der Waals surface area contributed by atoms with Crippen molar-refractivity contribution < 1.29 is 63.9 Å². The number of unbranched alkanes of at least 4 members (excludes halogenated alkanes) is 20. The van der Waals surface area contributed by atoms with Gasteiger partial charge < -0.3 is 63.9 Å². The van der Waals surface area contributed by atoms with Gasteiger partial charge >= 0.3 is 0 Å². The quantitative estimate of drug-likeness (QED) is 0.0200. The lowest BCUT2D eigenvalue weighted by molar-refractivity contribution is -0.893. The minimum absolute atomic E-state index is 0.00381. The summed E-state index contributed by atoms with van der Waals surface area (Å²) in [6.45, 7) is 5.66. The van der Waals surface area contributed by atoms with Gasteiger partial charge in [0.25, 0.3) is 0 Å². The summed E-state index contributed by atoms with van der Waals surface area (Å²) in [5.41, 5.74) is 0. The van der Waals surface area contributed by atoms with Crippen molar-refractivity contribution in [2.45, 2.75) is 235 Å². The van der Waals surface area contributed by atoms with Gasteiger partial charge in [-0.05, 0) is 51.4 Å². The van der Waals surface area contributed by atoms with Crippen LogP contribution in [0.15, 0.2) is 24.3 Å². The van der Waals surface area contributed by atoms with E-state index in [1.54, 1.807) is 0 Å². The van der Waals surface area contributed by atoms with Crippen molar-refractivity contribution in [3.05, 3.63) is 24.3 Å². The Morgan fingerprint density at radius 1 is 0.500 bits per heavy atom. The number of ether oxygens (including phenoxy) is 5. The molecule has 62 heavy (non-hydrogen) atoms. The summed E-state index contributed by atoms with van der Waals surface area (Å²) >= 11 is 0. The van der Waals surface area contributed by atoms with Crippen LogP contribution in [-0.4, -0.2) is 161 Å². The molecule has 0 aromatic rings. The lowest BCUT2D eigenvalue weighted by Gasteiger charge is -2.43. The largest absolute Gasteiger partial charge is 0.387 e. The van der Waals surface area contributed by atoms with Gasteiger partial charge in [-0.1, -0.05) is 141 Å². The van der Waals surface area contributed by atoms with Crippen LogP contribution < -0.4 is 0 Å². The van der Waals surface area contributed by atoms with E-state index in [2.05, 4.69) is 52.2 Å². The SMILES string of the molecule is CCCCC/C=C\C/C=C\CCCCCCCCO[C@@H]1O[C@H](CO[C@H]2O[C@H](COCC(O)C[N+](C)(C)CCCCCCCCCCCCCC)[C@@H](O)[C@H](O)[C@H]2O)[C@@H](O)[C@H](O)[C@H]1O. The molecule has 0 bridgehead atoms. The van der Waals surface area contributed by atoms with E-state index in [0.717, 1.165) is 64.3 Å². The minimum Gasteiger partial charge on any atom is -0.387 e. The van der Waals surface area contributed by atoms with Crippen molar-refractivity contribution in [3.63, 3.8) is 0 Å². The molecule has 0 aromatic carbocycles. The smallest absolute Gasteiger partial charge is 0.186 e. The van der Waals surface area contributed by atoms with Gasteiger partial charge in [0.05, 0.1) is 40.5 Å². The average molecular weight is 889 g/mol. The molecule has 0 saturated carbocycles. The predicted octanol–water partition coefficient (Wildman–Crippen LogP) is 6.60. The minimum atomic E-state index is -1.63. The van der Waals surface area contributed by atoms with Gasteiger partial charge in [-0.2, -0.15) is 0 Å². The van der Waals surface area contributed by atoms with Crippen molar-refractivity contribution in [1.29, 1.82) is 0 Å². The molecule has 0 spiro atoms. The average Bonchev–Trinajstić information content (AvgIpc) is 3.24. The van der Waals surface area contributed by atoms with Crippen LogP contribution in [0.2, 0.25) is 0 Å². The van der Waals surface area contributed by atoms with Crippen LogP contribution in [0, 0.1) is 0 Å². The second kappa shape index (κ2) is 35.2. The molecule has 11 atom stereocenters. The number of rotatable bonds is 38. The highest BCUT2D eigenvalue weighted by atomic mass is 16.7. The Hall–Kier alpha value is -1.04. The second-order valence-electron chi connectivity index (χ2n) is 18.7. The summed E-state index contributed by atoms with van der Waals surface area (Å²) in [5.74, 6) is 0. The van der Waals surface area contributed by atoms with E-state index in [9.17, 15) is 35.7 Å². The van der Waals surface area contributed by atoms with Gasteiger partial charge in [-0.3, -0.25) is 0 Å². The molecule has 0 aliphatic carbocycles. The third-order valence-corrected chi connectivity index (χ3v) is 12.3. The van der Waals surface area contributed by atoms with Gasteiger partial charge in [-0.25, -0.2) is 0 Å². The van der Waals surface area contributed by atoms with E-state index < -0.39 is 67.5 Å². The lowest BCUT2D eigenvalue weighted by Crippen LogP contribution is -2.61. The summed E-state index contributed by atoms with van der Waals surface area (Å²) in [6.07, 6.45) is 23.0. The molecule has 13 nitrogen and oxygen atoms in total. The predicted molar refractivity (Wildman–Crippen MR) is 244 cm³/mol. The van der Waals surface area contributed by atoms with E-state index in [0.29, 0.717) is 17.6 Å². The third-order valence-electron chi connectivity index (χ3n) is 12.3. The first-order valence-electron chi connectivity index (χ1n) is 24.9. The highest BCUT2D eigenvalue weighted by Crippen LogP contribution is 2.27. The Morgan fingerprint density at radius 3 is 1.48 bits per heavy atom. The summed E-state index contributed by atoms with van der Waals surface area (Å²) in [7, 11) is 4.19. The van der Waals surface area contributed by atoms with Crippen molar-refractivity contribution in [2.24, 2.45) is 0 Å². The second-order valence-corrected chi connectivity index (χ2v) is 18.7. The van der Waals surface area contributed by atoms with Crippen LogP contribution in [-0.2, 0) is 23.7 Å². The zero-order chi connectivity index (χ0) is 45.4. The highest BCUT2D eigenvalue weighted by Gasteiger charge is 2.47. The number of likely N-dealkylation sites (N-methyl/N-ethyl adjacent to an activating group) is 1. The van der Waals surface area contributed by atoms with Gasteiger partial charge in [0.15, 0.2) is 12.6 Å². The fourth-order valence-corrected chi connectivity index (χ4v) is 8.28. The Bertz CT molecular complexity index is 1110. The number of quaternary nitrogens is 1. The molecule has 2 fully saturated rings. The van der Waals surface area contributed by atoms with Crippen molar-refractivity contribution in [1.82, 2.24) is 0 Å². The molecular formula is C49H94NO12+. The molecule has 0 amide bonds. The van der Waals surface area contributed by atoms with Crippen LogP contribution in [0.4, 0.5) is 0 Å². The van der Waals surface area contributed by atoms with Crippen LogP contribution in [0.1, 0.15) is 168 Å². The summed E-state index contributed by atoms with van der Waals surface area (Å²) in [4.78, 5) is 0. The number of aliphatic hydroxyl groups excluding tert-OH is 7. The van der Waals surface area contributed by atoms with E-state index in [1.807, 2.05) is 0 Å². The molecule has 2 heterocycles. The first-order valence-corrected chi connectivity index (χ1v) is 24.9. The number of aliphatic hydroxyl groups is 7. The van der Waals surface area contributed by atoms with Crippen molar-refractivity contribution in [2.75, 3.05) is 53.6 Å². The van der Waals surface area contributed by atoms with Crippen LogP contribution in [0.25, 0.3) is 0 Å². The first kappa shape index (κ1) is 57.1. The topological polar surface area (TPSA) is 188 Å². The molecule has 13 heteroatoms. The van der Waals surface area contributed by atoms with E-state index >= 15 is 0 Å². The van der Waals surface area contributed by atoms with Crippen molar-refractivity contribution >= 4 is 0 Å². The Morgan fingerprint density at radius 2 is 0.935 bits per heavy atom. The number of allylic oxidation sites excluding steroid dienone is 4. The maximum Gasteiger partial charge on any atom is 0.186 e. The monoisotopic (exact) mass is 889 g/mol. The Labute approximate surface area is 376 Å². The standard InChI is InChI=1S/C49H94NO12/c1-5-7-9-11-13-15-17-19-20-21-22-24-26-28-30-32-34-59-48-46(56)45(55)43(53)41(62-48)38-60-49-47(57)44(54)42(52)40(61-49)37-58-36-39(51)35-50(3,4)33-31-29-27-25-23-18-16-14-12-10-8-6-2/h13,15,19-20,39-49,51-57H,5-12,14,16-18,21-38H2,1-4H3/q+1/b15-13-,20-19-/t39?,40-,41-,42-,43-,44+,45+,46-,47-,48-,49+/m1/s1.